The Morgan fingerprint density at radius 3 is 2.23 bits per heavy atom. The average molecular weight is 544 g/mol. The monoisotopic (exact) mass is 543 g/mol. The van der Waals surface area contributed by atoms with Crippen molar-refractivity contribution in [2.75, 3.05) is 18.5 Å². The Bertz CT molecular complexity index is 1320. The minimum absolute atomic E-state index is 0.0168. The molecule has 0 spiro atoms. The second-order valence-corrected chi connectivity index (χ2v) is 12.5. The van der Waals surface area contributed by atoms with E-state index in [4.69, 9.17) is 9.72 Å². The molecule has 2 saturated carbocycles. The zero-order chi connectivity index (χ0) is 27.5. The summed E-state index contributed by atoms with van der Waals surface area (Å²) in [5, 5.41) is 3.66. The molecule has 214 valence electrons. The lowest BCUT2D eigenvalue weighted by Gasteiger charge is -2.34. The van der Waals surface area contributed by atoms with Gasteiger partial charge in [-0.05, 0) is 93.5 Å². The number of hydrogen-bond donors (Lipinski definition) is 1. The molecule has 1 N–H and O–H groups in total. The highest BCUT2D eigenvalue weighted by atomic mass is 16.5. The third kappa shape index (κ3) is 6.04. The van der Waals surface area contributed by atoms with E-state index in [1.54, 1.807) is 0 Å². The smallest absolute Gasteiger partial charge is 0.333 e. The molecule has 7 nitrogen and oxygen atoms in total. The van der Waals surface area contributed by atoms with Gasteiger partial charge >= 0.3 is 5.69 Å². The van der Waals surface area contributed by atoms with Crippen molar-refractivity contribution in [1.82, 2.24) is 19.1 Å². The van der Waals surface area contributed by atoms with Gasteiger partial charge in [0.05, 0.1) is 17.1 Å². The van der Waals surface area contributed by atoms with Crippen LogP contribution in [0, 0.1) is 25.7 Å². The largest absolute Gasteiger partial charge is 0.381 e. The van der Waals surface area contributed by atoms with Gasteiger partial charge in [-0.2, -0.15) is 0 Å². The molecule has 7 heteroatoms. The first-order valence-corrected chi connectivity index (χ1v) is 15.7. The van der Waals surface area contributed by atoms with Crippen LogP contribution < -0.4 is 11.0 Å². The summed E-state index contributed by atoms with van der Waals surface area (Å²) >= 11 is 0. The predicted molar refractivity (Wildman–Crippen MR) is 160 cm³/mol. The van der Waals surface area contributed by atoms with Gasteiger partial charge in [0.15, 0.2) is 0 Å². The molecule has 0 bridgehead atoms. The molecule has 3 fully saturated rings. The number of ether oxygens (including phenoxy) is 1. The minimum atomic E-state index is -0.0168. The lowest BCUT2D eigenvalue weighted by atomic mass is 9.75. The van der Waals surface area contributed by atoms with Crippen LogP contribution in [-0.2, 0) is 4.74 Å². The van der Waals surface area contributed by atoms with Gasteiger partial charge < -0.3 is 10.1 Å². The maximum absolute atomic E-state index is 13.9. The molecule has 0 amide bonds. The first-order chi connectivity index (χ1) is 19.5. The standard InChI is InChI=1S/C33H45N5O2/c1-23-19-24(2)21-29(20-23)38-31(22-37(33(38)39)28-14-17-40-18-15-28)30-13-16-34-32(36-30)35-27-11-9-26(10-12-27)25-7-5-3-4-6-8-25/h13,16,19-22,25-28H,3-12,14-15,17-18H2,1-2H3,(H,34,35,36). The fraction of sp³-hybridized carbons (Fsp3) is 0.606. The van der Waals surface area contributed by atoms with Gasteiger partial charge in [0.1, 0.15) is 0 Å². The lowest BCUT2D eigenvalue weighted by Crippen LogP contribution is -2.30. The Kier molecular flexibility index (Phi) is 8.38. The number of benzene rings is 1. The number of nitrogens with one attached hydrogen (secondary N) is 1. The Balaban J connectivity index is 1.25. The van der Waals surface area contributed by atoms with Crippen LogP contribution in [-0.4, -0.2) is 38.4 Å². The first-order valence-electron chi connectivity index (χ1n) is 15.7. The van der Waals surface area contributed by atoms with Crippen molar-refractivity contribution in [3.63, 3.8) is 0 Å². The zero-order valence-corrected chi connectivity index (χ0v) is 24.3. The summed E-state index contributed by atoms with van der Waals surface area (Å²) < 4.78 is 9.32. The van der Waals surface area contributed by atoms with E-state index in [2.05, 4.69) is 42.3 Å². The summed E-state index contributed by atoms with van der Waals surface area (Å²) in [6, 6.07) is 8.77. The summed E-state index contributed by atoms with van der Waals surface area (Å²) in [5.41, 5.74) is 4.72. The third-order valence-corrected chi connectivity index (χ3v) is 9.55. The number of aryl methyl sites for hydroxylation is 2. The van der Waals surface area contributed by atoms with Gasteiger partial charge in [-0.15, -0.1) is 0 Å². The van der Waals surface area contributed by atoms with E-state index >= 15 is 0 Å². The van der Waals surface area contributed by atoms with E-state index in [1.807, 2.05) is 27.6 Å². The van der Waals surface area contributed by atoms with Gasteiger partial charge in [0.25, 0.3) is 0 Å². The van der Waals surface area contributed by atoms with Crippen LogP contribution >= 0.6 is 0 Å². The van der Waals surface area contributed by atoms with Crippen LogP contribution in [0.5, 0.6) is 0 Å². The number of aromatic nitrogens is 4. The first kappa shape index (κ1) is 27.3. The summed E-state index contributed by atoms with van der Waals surface area (Å²) in [4.78, 5) is 23.5. The highest BCUT2D eigenvalue weighted by molar-refractivity contribution is 5.59. The molecule has 3 aliphatic rings. The molecular weight excluding hydrogens is 498 g/mol. The van der Waals surface area contributed by atoms with Crippen molar-refractivity contribution in [2.24, 2.45) is 11.8 Å². The van der Waals surface area contributed by atoms with E-state index in [0.717, 1.165) is 52.9 Å². The summed E-state index contributed by atoms with van der Waals surface area (Å²) in [6.45, 7) is 5.53. The third-order valence-electron chi connectivity index (χ3n) is 9.55. The normalized spacial score (nSPS) is 23.1. The molecule has 1 saturated heterocycles. The Labute approximate surface area is 238 Å². The highest BCUT2D eigenvalue weighted by Crippen LogP contribution is 2.38. The van der Waals surface area contributed by atoms with Crippen molar-refractivity contribution in [2.45, 2.75) is 103 Å². The predicted octanol–water partition coefficient (Wildman–Crippen LogP) is 7.01. The van der Waals surface area contributed by atoms with Crippen molar-refractivity contribution in [1.29, 1.82) is 0 Å². The van der Waals surface area contributed by atoms with Crippen LogP contribution in [0.1, 0.15) is 94.2 Å². The van der Waals surface area contributed by atoms with Crippen molar-refractivity contribution >= 4 is 5.95 Å². The van der Waals surface area contributed by atoms with Gasteiger partial charge in [0.2, 0.25) is 5.95 Å². The van der Waals surface area contributed by atoms with Gasteiger partial charge in [-0.25, -0.2) is 14.8 Å². The maximum atomic E-state index is 13.9. The Morgan fingerprint density at radius 1 is 0.850 bits per heavy atom. The Morgan fingerprint density at radius 2 is 1.52 bits per heavy atom. The second-order valence-electron chi connectivity index (χ2n) is 12.5. The zero-order valence-electron chi connectivity index (χ0n) is 24.3. The molecule has 40 heavy (non-hydrogen) atoms. The highest BCUT2D eigenvalue weighted by Gasteiger charge is 2.29. The average Bonchev–Trinajstić information content (AvgIpc) is 3.10. The fourth-order valence-electron chi connectivity index (χ4n) is 7.47. The van der Waals surface area contributed by atoms with Crippen LogP contribution in [0.2, 0.25) is 0 Å². The van der Waals surface area contributed by atoms with Gasteiger partial charge in [0, 0.05) is 37.7 Å². The van der Waals surface area contributed by atoms with E-state index in [1.165, 1.54) is 64.2 Å². The van der Waals surface area contributed by atoms with Crippen molar-refractivity contribution < 1.29 is 4.74 Å². The molecule has 6 rings (SSSR count). The molecule has 3 aromatic rings. The topological polar surface area (TPSA) is 74.0 Å². The summed E-state index contributed by atoms with van der Waals surface area (Å²) in [7, 11) is 0. The lowest BCUT2D eigenvalue weighted by molar-refractivity contribution is 0.0686. The van der Waals surface area contributed by atoms with E-state index < -0.39 is 0 Å². The number of hydrogen-bond acceptors (Lipinski definition) is 5. The molecule has 3 heterocycles. The van der Waals surface area contributed by atoms with Crippen LogP contribution in [0.3, 0.4) is 0 Å². The number of nitrogens with zero attached hydrogens (tertiary/aromatic N) is 4. The quantitative estimate of drug-likeness (QED) is 0.339. The number of rotatable bonds is 6. The fourth-order valence-corrected chi connectivity index (χ4v) is 7.47. The summed E-state index contributed by atoms with van der Waals surface area (Å²) in [6.07, 6.45) is 19.1. The van der Waals surface area contributed by atoms with Crippen LogP contribution in [0.25, 0.3) is 17.1 Å². The molecule has 1 aromatic carbocycles. The van der Waals surface area contributed by atoms with E-state index in [0.29, 0.717) is 25.2 Å². The molecule has 0 unspecified atom stereocenters. The molecule has 0 atom stereocenters. The Hall–Kier alpha value is -2.93. The molecule has 2 aromatic heterocycles. The van der Waals surface area contributed by atoms with Crippen LogP contribution in [0.15, 0.2) is 41.5 Å². The molecule has 0 radical (unpaired) electrons. The van der Waals surface area contributed by atoms with Gasteiger partial charge in [-0.1, -0.05) is 44.6 Å². The van der Waals surface area contributed by atoms with E-state index in [9.17, 15) is 4.79 Å². The second kappa shape index (κ2) is 12.3. The minimum Gasteiger partial charge on any atom is -0.381 e. The van der Waals surface area contributed by atoms with Crippen molar-refractivity contribution in [3.8, 4) is 17.1 Å². The van der Waals surface area contributed by atoms with Crippen molar-refractivity contribution in [3.05, 3.63) is 58.3 Å². The van der Waals surface area contributed by atoms with Crippen LogP contribution in [0.4, 0.5) is 5.95 Å². The number of anilines is 1. The molecular formula is C33H45N5O2. The molecule has 1 aliphatic heterocycles. The van der Waals surface area contributed by atoms with Gasteiger partial charge in [-0.3, -0.25) is 9.13 Å². The molecule has 2 aliphatic carbocycles. The number of imidazole rings is 1. The summed E-state index contributed by atoms with van der Waals surface area (Å²) in [5.74, 6) is 2.49. The van der Waals surface area contributed by atoms with E-state index in [-0.39, 0.29) is 11.7 Å². The maximum Gasteiger partial charge on any atom is 0.333 e. The SMILES string of the molecule is Cc1cc(C)cc(-n2c(-c3ccnc(NC4CCC(C5CCCCCC5)CC4)n3)cn(C3CCOCC3)c2=O)c1.